The van der Waals surface area contributed by atoms with Crippen LogP contribution in [0.4, 0.5) is 0 Å². The lowest BCUT2D eigenvalue weighted by molar-refractivity contribution is -0.147. The number of rotatable bonds is 5. The molecule has 1 saturated heterocycles. The molecular formula is C29H38N4O6. The number of benzene rings is 1. The third-order valence-corrected chi connectivity index (χ3v) is 7.33. The monoisotopic (exact) mass is 538 g/mol. The Morgan fingerprint density at radius 1 is 1.13 bits per heavy atom. The highest BCUT2D eigenvalue weighted by Crippen LogP contribution is 2.24. The van der Waals surface area contributed by atoms with E-state index in [0.29, 0.717) is 0 Å². The Morgan fingerprint density at radius 3 is 2.41 bits per heavy atom. The van der Waals surface area contributed by atoms with E-state index in [-0.39, 0.29) is 36.0 Å². The summed E-state index contributed by atoms with van der Waals surface area (Å²) in [4.78, 5) is 58.9. The van der Waals surface area contributed by atoms with Crippen molar-refractivity contribution in [3.63, 3.8) is 0 Å². The fraction of sp³-hybridized carbons (Fsp3) is 0.483. The summed E-state index contributed by atoms with van der Waals surface area (Å²) >= 11 is 0. The average molecular weight is 539 g/mol. The number of carbonyl (C=O) groups excluding carboxylic acids is 4. The second kappa shape index (κ2) is 12.8. The molecule has 1 unspecified atom stereocenters. The average Bonchev–Trinajstić information content (AvgIpc) is 2.89. The zero-order chi connectivity index (χ0) is 28.9. The third kappa shape index (κ3) is 7.00. The summed E-state index contributed by atoms with van der Waals surface area (Å²) in [5, 5.41) is 26.9. The van der Waals surface area contributed by atoms with Crippen molar-refractivity contribution in [3.8, 4) is 5.75 Å². The number of aromatic nitrogens is 1. The Labute approximate surface area is 228 Å². The van der Waals surface area contributed by atoms with E-state index in [4.69, 9.17) is 0 Å². The van der Waals surface area contributed by atoms with Gasteiger partial charge in [0.15, 0.2) is 11.5 Å². The molecule has 39 heavy (non-hydrogen) atoms. The fourth-order valence-electron chi connectivity index (χ4n) is 5.19. The molecule has 3 rings (SSSR count). The second-order valence-electron chi connectivity index (χ2n) is 10.7. The predicted molar refractivity (Wildman–Crippen MR) is 145 cm³/mol. The molecule has 4 N–H and O–H groups in total. The van der Waals surface area contributed by atoms with Crippen LogP contribution in [-0.2, 0) is 20.8 Å². The van der Waals surface area contributed by atoms with Gasteiger partial charge in [-0.1, -0.05) is 58.0 Å². The number of aromatic hydroxyl groups is 1. The van der Waals surface area contributed by atoms with Crippen LogP contribution in [0.15, 0.2) is 48.7 Å². The fourth-order valence-corrected chi connectivity index (χ4v) is 5.19. The Balaban J connectivity index is 2.03. The number of amides is 3. The number of likely N-dealkylation sites (N-methyl/N-ethyl adjacent to an activating group) is 1. The summed E-state index contributed by atoms with van der Waals surface area (Å²) in [5.74, 6) is -4.22. The smallest absolute Gasteiger partial charge is 0.274 e. The lowest BCUT2D eigenvalue weighted by atomic mass is 9.85. The molecule has 1 aliphatic heterocycles. The van der Waals surface area contributed by atoms with Crippen molar-refractivity contribution in [2.75, 3.05) is 7.05 Å². The minimum Gasteiger partial charge on any atom is -0.505 e. The number of aliphatic hydroxyl groups excluding tert-OH is 1. The number of nitrogens with zero attached hydrogens (tertiary/aromatic N) is 2. The van der Waals surface area contributed by atoms with Gasteiger partial charge in [0.25, 0.3) is 5.91 Å². The number of Topliss-reactive ketones (excluding diaryl/α,β-unsaturated/α-hetero) is 1. The molecule has 1 aromatic carbocycles. The Bertz CT molecular complexity index is 1190. The van der Waals surface area contributed by atoms with Gasteiger partial charge in [0, 0.05) is 19.7 Å². The second-order valence-corrected chi connectivity index (χ2v) is 10.7. The lowest BCUT2D eigenvalue weighted by Gasteiger charge is -2.37. The van der Waals surface area contributed by atoms with Crippen molar-refractivity contribution in [1.29, 1.82) is 0 Å². The van der Waals surface area contributed by atoms with Crippen LogP contribution >= 0.6 is 0 Å². The van der Waals surface area contributed by atoms with Gasteiger partial charge >= 0.3 is 0 Å². The molecule has 0 saturated carbocycles. The molecule has 0 radical (unpaired) electrons. The highest BCUT2D eigenvalue weighted by atomic mass is 16.3. The quantitative estimate of drug-likeness (QED) is 0.453. The molecule has 1 fully saturated rings. The molecule has 0 bridgehead atoms. The molecule has 10 heteroatoms. The highest BCUT2D eigenvalue weighted by molar-refractivity contribution is 5.98. The molecule has 0 aliphatic carbocycles. The largest absolute Gasteiger partial charge is 0.505 e. The first-order valence-electron chi connectivity index (χ1n) is 13.2. The van der Waals surface area contributed by atoms with E-state index in [9.17, 15) is 29.4 Å². The molecular weight excluding hydrogens is 500 g/mol. The molecule has 0 spiro atoms. The molecule has 6 atom stereocenters. The zero-order valence-corrected chi connectivity index (χ0v) is 23.0. The first-order valence-corrected chi connectivity index (χ1v) is 13.2. The molecule has 10 nitrogen and oxygen atoms in total. The van der Waals surface area contributed by atoms with Crippen molar-refractivity contribution in [2.45, 2.75) is 64.8 Å². The standard InChI is InChI=1S/C29H38N4O6/c1-16(2)25-22(35)14-17(3)23(32-28(38)24-21(34)12-9-13-30-24)27(37)31-20(15-19-10-7-6-8-11-19)26(36)18(4)29(39)33(25)5/h6-13,16-18,20,23,25-26,34,36H,14-15H2,1-5H3,(H,31,37)(H,32,38)/t17-,18+,20-,23-,25?,26-/m0/s1. The van der Waals surface area contributed by atoms with E-state index in [1.165, 1.54) is 23.2 Å². The van der Waals surface area contributed by atoms with Gasteiger partial charge in [-0.3, -0.25) is 19.2 Å². The highest BCUT2D eigenvalue weighted by Gasteiger charge is 2.41. The lowest BCUT2D eigenvalue weighted by Crippen LogP contribution is -2.59. The number of aliphatic hydroxyl groups is 1. The van der Waals surface area contributed by atoms with Crippen molar-refractivity contribution in [2.24, 2.45) is 17.8 Å². The maximum absolute atomic E-state index is 13.7. The summed E-state index contributed by atoms with van der Waals surface area (Å²) in [6.07, 6.45) is 0.208. The van der Waals surface area contributed by atoms with E-state index in [1.54, 1.807) is 20.9 Å². The number of carbonyl (C=O) groups is 4. The van der Waals surface area contributed by atoms with Crippen molar-refractivity contribution >= 4 is 23.5 Å². The summed E-state index contributed by atoms with van der Waals surface area (Å²) < 4.78 is 0. The topological polar surface area (TPSA) is 149 Å². The number of pyridine rings is 1. The van der Waals surface area contributed by atoms with Gasteiger partial charge in [0.1, 0.15) is 11.8 Å². The van der Waals surface area contributed by atoms with E-state index in [0.717, 1.165) is 5.56 Å². The van der Waals surface area contributed by atoms with E-state index < -0.39 is 53.8 Å². The SMILES string of the molecule is CC(C)C1C(=O)C[C@H](C)[C@H](NC(=O)c2ncccc2O)C(=O)N[C@@H](Cc2ccccc2)[C@@H](O)[C@@H](C)C(=O)N1C. The molecule has 2 aromatic rings. The van der Waals surface area contributed by atoms with Crippen molar-refractivity contribution in [3.05, 3.63) is 59.9 Å². The van der Waals surface area contributed by atoms with Gasteiger partial charge in [0.2, 0.25) is 11.8 Å². The van der Waals surface area contributed by atoms with Gasteiger partial charge in [-0.25, -0.2) is 4.98 Å². The molecule has 1 aromatic heterocycles. The van der Waals surface area contributed by atoms with Gasteiger partial charge in [-0.2, -0.15) is 0 Å². The van der Waals surface area contributed by atoms with Crippen molar-refractivity contribution in [1.82, 2.24) is 20.5 Å². The number of hydrogen-bond acceptors (Lipinski definition) is 7. The summed E-state index contributed by atoms with van der Waals surface area (Å²) in [7, 11) is 1.55. The van der Waals surface area contributed by atoms with E-state index in [1.807, 2.05) is 44.2 Å². The first kappa shape index (κ1) is 29.8. The van der Waals surface area contributed by atoms with Gasteiger partial charge in [-0.05, 0) is 36.0 Å². The van der Waals surface area contributed by atoms with Crippen LogP contribution in [0, 0.1) is 17.8 Å². The Kier molecular flexibility index (Phi) is 9.80. The maximum atomic E-state index is 13.7. The third-order valence-electron chi connectivity index (χ3n) is 7.33. The van der Waals surface area contributed by atoms with Crippen LogP contribution in [0.1, 0.15) is 50.2 Å². The number of hydrogen-bond donors (Lipinski definition) is 4. The molecule has 3 amide bonds. The summed E-state index contributed by atoms with van der Waals surface area (Å²) in [6.45, 7) is 6.90. The van der Waals surface area contributed by atoms with Crippen molar-refractivity contribution < 1.29 is 29.4 Å². The minimum absolute atomic E-state index is 0.0900. The Hall–Kier alpha value is -3.79. The van der Waals surface area contributed by atoms with Crippen LogP contribution in [0.25, 0.3) is 0 Å². The van der Waals surface area contributed by atoms with Crippen LogP contribution in [0.5, 0.6) is 5.75 Å². The van der Waals surface area contributed by atoms with Crippen LogP contribution in [0.2, 0.25) is 0 Å². The first-order chi connectivity index (χ1) is 18.4. The molecule has 1 aliphatic rings. The summed E-state index contributed by atoms with van der Waals surface area (Å²) in [6, 6.07) is 9.19. The van der Waals surface area contributed by atoms with Gasteiger partial charge < -0.3 is 25.7 Å². The van der Waals surface area contributed by atoms with E-state index >= 15 is 0 Å². The minimum atomic E-state index is -1.28. The molecule has 210 valence electrons. The van der Waals surface area contributed by atoms with Crippen LogP contribution in [0.3, 0.4) is 0 Å². The van der Waals surface area contributed by atoms with Gasteiger partial charge in [0.05, 0.1) is 24.1 Å². The number of nitrogens with one attached hydrogen (secondary N) is 2. The Morgan fingerprint density at radius 2 is 1.79 bits per heavy atom. The normalized spacial score (nSPS) is 26.9. The van der Waals surface area contributed by atoms with Crippen LogP contribution < -0.4 is 10.6 Å². The maximum Gasteiger partial charge on any atom is 0.274 e. The summed E-state index contributed by atoms with van der Waals surface area (Å²) in [5.41, 5.74) is 0.582. The van der Waals surface area contributed by atoms with Gasteiger partial charge in [-0.15, -0.1) is 0 Å². The predicted octanol–water partition coefficient (Wildman–Crippen LogP) is 1.70. The number of ketones is 1. The van der Waals surface area contributed by atoms with Crippen LogP contribution in [-0.4, -0.2) is 74.9 Å². The van der Waals surface area contributed by atoms with E-state index in [2.05, 4.69) is 15.6 Å². The molecule has 2 heterocycles. The zero-order valence-electron chi connectivity index (χ0n) is 23.0.